The number of hydrogen-bond acceptors (Lipinski definition) is 3. The summed E-state index contributed by atoms with van der Waals surface area (Å²) in [6, 6.07) is 6.58. The lowest BCUT2D eigenvalue weighted by Crippen LogP contribution is -2.15. The van der Waals surface area contributed by atoms with Crippen molar-refractivity contribution >= 4 is 27.7 Å². The van der Waals surface area contributed by atoms with Crippen LogP contribution in [0.15, 0.2) is 22.7 Å². The number of hydrogen-bond donors (Lipinski definition) is 1. The van der Waals surface area contributed by atoms with Gasteiger partial charge in [0.15, 0.2) is 0 Å². The van der Waals surface area contributed by atoms with Gasteiger partial charge in [0.25, 0.3) is 0 Å². The highest BCUT2D eigenvalue weighted by Gasteiger charge is 2.13. The van der Waals surface area contributed by atoms with Gasteiger partial charge in [0.1, 0.15) is 0 Å². The maximum Gasteiger partial charge on any atom is 0.372 e. The number of nitriles is 1. The first-order chi connectivity index (χ1) is 7.04. The number of halogens is 1. The van der Waals surface area contributed by atoms with Crippen molar-refractivity contribution in [2.24, 2.45) is 0 Å². The molecule has 0 aliphatic heterocycles. The van der Waals surface area contributed by atoms with Crippen molar-refractivity contribution in [1.29, 1.82) is 5.26 Å². The fourth-order valence-corrected chi connectivity index (χ4v) is 1.53. The molecular formula is C10H6BrNO3. The first-order valence-corrected chi connectivity index (χ1v) is 4.78. The van der Waals surface area contributed by atoms with Crippen molar-refractivity contribution in [1.82, 2.24) is 0 Å². The number of carbonyl (C=O) groups is 2. The molecular weight excluding hydrogens is 262 g/mol. The van der Waals surface area contributed by atoms with Gasteiger partial charge in [0.05, 0.1) is 11.6 Å². The van der Waals surface area contributed by atoms with Gasteiger partial charge < -0.3 is 5.11 Å². The van der Waals surface area contributed by atoms with Gasteiger partial charge in [-0.25, -0.2) is 4.79 Å². The topological polar surface area (TPSA) is 78.2 Å². The molecule has 0 saturated heterocycles. The van der Waals surface area contributed by atoms with Gasteiger partial charge in [-0.2, -0.15) is 5.26 Å². The number of carboxylic acid groups (broad SMARTS) is 1. The number of carbonyl (C=O) groups excluding carboxylic acids is 1. The molecule has 1 aromatic rings. The van der Waals surface area contributed by atoms with Crippen molar-refractivity contribution in [3.05, 3.63) is 33.8 Å². The van der Waals surface area contributed by atoms with Crippen LogP contribution in [0, 0.1) is 11.3 Å². The molecule has 0 unspecified atom stereocenters. The third-order valence-corrected chi connectivity index (χ3v) is 2.51. The number of ketones is 1. The molecule has 0 heterocycles. The van der Waals surface area contributed by atoms with Crippen LogP contribution < -0.4 is 0 Å². The minimum absolute atomic E-state index is 0.179. The Morgan fingerprint density at radius 3 is 2.60 bits per heavy atom. The minimum Gasteiger partial charge on any atom is -0.475 e. The van der Waals surface area contributed by atoms with E-state index in [9.17, 15) is 9.59 Å². The third-order valence-electron chi connectivity index (χ3n) is 1.77. The van der Waals surface area contributed by atoms with E-state index in [2.05, 4.69) is 15.9 Å². The molecule has 1 rings (SSSR count). The quantitative estimate of drug-likeness (QED) is 0.843. The Bertz CT molecular complexity index is 462. The maximum absolute atomic E-state index is 10.9. The number of nitrogens with zero attached hydrogens (tertiary/aromatic N) is 1. The Hall–Kier alpha value is -1.67. The molecule has 76 valence electrons. The summed E-state index contributed by atoms with van der Waals surface area (Å²) in [5.41, 5.74) is 1.01. The number of aliphatic carboxylic acids is 1. The average molecular weight is 268 g/mol. The fraction of sp³-hybridized carbons (Fsp3) is 0.100. The molecule has 1 aromatic carbocycles. The summed E-state index contributed by atoms with van der Waals surface area (Å²) in [6.07, 6.45) is -0.179. The molecule has 0 amide bonds. The summed E-state index contributed by atoms with van der Waals surface area (Å²) < 4.78 is 0.566. The zero-order valence-corrected chi connectivity index (χ0v) is 9.11. The minimum atomic E-state index is -1.45. The summed E-state index contributed by atoms with van der Waals surface area (Å²) in [6.45, 7) is 0. The standard InChI is InChI=1S/C10H6BrNO3/c11-8-3-6(5-12)1-2-7(8)4-9(13)10(14)15/h1-3H,4H2,(H,14,15). The second-order valence-corrected chi connectivity index (χ2v) is 3.68. The Kier molecular flexibility index (Phi) is 3.58. The highest BCUT2D eigenvalue weighted by atomic mass is 79.9. The fourth-order valence-electron chi connectivity index (χ4n) is 1.01. The van der Waals surface area contributed by atoms with E-state index in [0.717, 1.165) is 0 Å². The number of rotatable bonds is 3. The average Bonchev–Trinajstić information content (AvgIpc) is 2.20. The summed E-state index contributed by atoms with van der Waals surface area (Å²) in [7, 11) is 0. The molecule has 15 heavy (non-hydrogen) atoms. The SMILES string of the molecule is N#Cc1ccc(CC(=O)C(=O)O)c(Br)c1. The highest BCUT2D eigenvalue weighted by molar-refractivity contribution is 9.10. The molecule has 0 atom stereocenters. The second kappa shape index (κ2) is 4.71. The summed E-state index contributed by atoms with van der Waals surface area (Å²) >= 11 is 3.17. The van der Waals surface area contributed by atoms with Gasteiger partial charge in [0.2, 0.25) is 5.78 Å². The van der Waals surface area contributed by atoms with Crippen LogP contribution in [0.5, 0.6) is 0 Å². The van der Waals surface area contributed by atoms with Gasteiger partial charge in [-0.3, -0.25) is 4.79 Å². The third kappa shape index (κ3) is 2.89. The van der Waals surface area contributed by atoms with E-state index >= 15 is 0 Å². The van der Waals surface area contributed by atoms with E-state index in [-0.39, 0.29) is 6.42 Å². The lowest BCUT2D eigenvalue weighted by molar-refractivity contribution is -0.148. The summed E-state index contributed by atoms with van der Waals surface area (Å²) in [5, 5.41) is 17.0. The predicted octanol–water partition coefficient (Wildman–Crippen LogP) is 1.52. The highest BCUT2D eigenvalue weighted by Crippen LogP contribution is 2.19. The van der Waals surface area contributed by atoms with Crippen LogP contribution in [-0.2, 0) is 16.0 Å². The van der Waals surface area contributed by atoms with Gasteiger partial charge in [-0.1, -0.05) is 22.0 Å². The molecule has 0 aromatic heterocycles. The number of benzene rings is 1. The molecule has 1 N–H and O–H groups in total. The monoisotopic (exact) mass is 267 g/mol. The Balaban J connectivity index is 2.93. The lowest BCUT2D eigenvalue weighted by Gasteiger charge is -2.01. The van der Waals surface area contributed by atoms with Crippen molar-refractivity contribution in [2.45, 2.75) is 6.42 Å². The molecule has 0 aliphatic carbocycles. The molecule has 0 bridgehead atoms. The Labute approximate surface area is 94.3 Å². The molecule has 5 heteroatoms. The molecule has 0 fully saturated rings. The number of carboxylic acids is 1. The first kappa shape index (κ1) is 11.4. The van der Waals surface area contributed by atoms with E-state index in [1.54, 1.807) is 12.1 Å². The van der Waals surface area contributed by atoms with Crippen molar-refractivity contribution in [3.63, 3.8) is 0 Å². The Morgan fingerprint density at radius 1 is 1.47 bits per heavy atom. The number of Topliss-reactive ketones (excluding diaryl/α,β-unsaturated/α-hetero) is 1. The molecule has 0 radical (unpaired) electrons. The van der Waals surface area contributed by atoms with Crippen LogP contribution in [0.3, 0.4) is 0 Å². The van der Waals surface area contributed by atoms with Crippen molar-refractivity contribution in [3.8, 4) is 6.07 Å². The van der Waals surface area contributed by atoms with Crippen LogP contribution >= 0.6 is 15.9 Å². The normalized spacial score (nSPS) is 9.33. The van der Waals surface area contributed by atoms with E-state index in [4.69, 9.17) is 10.4 Å². The van der Waals surface area contributed by atoms with Crippen molar-refractivity contribution < 1.29 is 14.7 Å². The van der Waals surface area contributed by atoms with E-state index in [1.165, 1.54) is 6.07 Å². The largest absolute Gasteiger partial charge is 0.475 e. The van der Waals surface area contributed by atoms with Crippen LogP contribution in [0.2, 0.25) is 0 Å². The van der Waals surface area contributed by atoms with Gasteiger partial charge in [-0.05, 0) is 17.7 Å². The van der Waals surface area contributed by atoms with Crippen molar-refractivity contribution in [2.75, 3.05) is 0 Å². The zero-order valence-electron chi connectivity index (χ0n) is 7.53. The van der Waals surface area contributed by atoms with Crippen LogP contribution in [0.25, 0.3) is 0 Å². The van der Waals surface area contributed by atoms with E-state index in [1.807, 2.05) is 6.07 Å². The predicted molar refractivity (Wildman–Crippen MR) is 55.2 cm³/mol. The van der Waals surface area contributed by atoms with Crippen LogP contribution in [-0.4, -0.2) is 16.9 Å². The molecule has 4 nitrogen and oxygen atoms in total. The summed E-state index contributed by atoms with van der Waals surface area (Å²) in [4.78, 5) is 21.3. The van der Waals surface area contributed by atoms with E-state index in [0.29, 0.717) is 15.6 Å². The smallest absolute Gasteiger partial charge is 0.372 e. The van der Waals surface area contributed by atoms with Gasteiger partial charge in [0, 0.05) is 10.9 Å². The zero-order chi connectivity index (χ0) is 11.4. The molecule has 0 saturated carbocycles. The molecule has 0 spiro atoms. The van der Waals surface area contributed by atoms with Gasteiger partial charge in [-0.15, -0.1) is 0 Å². The lowest BCUT2D eigenvalue weighted by atomic mass is 10.1. The molecule has 0 aliphatic rings. The van der Waals surface area contributed by atoms with Crippen LogP contribution in [0.1, 0.15) is 11.1 Å². The summed E-state index contributed by atoms with van der Waals surface area (Å²) in [5.74, 6) is -2.33. The van der Waals surface area contributed by atoms with Gasteiger partial charge >= 0.3 is 5.97 Å². The second-order valence-electron chi connectivity index (χ2n) is 2.82. The first-order valence-electron chi connectivity index (χ1n) is 3.99. The van der Waals surface area contributed by atoms with E-state index < -0.39 is 11.8 Å². The Morgan fingerprint density at radius 2 is 2.13 bits per heavy atom. The maximum atomic E-state index is 10.9. The van der Waals surface area contributed by atoms with Crippen LogP contribution in [0.4, 0.5) is 0 Å².